The Morgan fingerprint density at radius 2 is 1.65 bits per heavy atom. The molecule has 1 aliphatic rings. The highest BCUT2D eigenvalue weighted by atomic mass is 16.5. The molecule has 5 rings (SSSR count). The van der Waals surface area contributed by atoms with Gasteiger partial charge in [-0.3, -0.25) is 9.98 Å². The van der Waals surface area contributed by atoms with Crippen LogP contribution in [-0.4, -0.2) is 49.9 Å². The second-order valence-corrected chi connectivity index (χ2v) is 8.81. The molecule has 5 nitrogen and oxygen atoms in total. The summed E-state index contributed by atoms with van der Waals surface area (Å²) in [4.78, 5) is 10.7. The molecule has 0 spiro atoms. The van der Waals surface area contributed by atoms with Gasteiger partial charge in [0.25, 0.3) is 0 Å². The topological polar surface area (TPSA) is 50.9 Å². The highest BCUT2D eigenvalue weighted by Crippen LogP contribution is 2.40. The van der Waals surface area contributed by atoms with E-state index in [1.807, 2.05) is 45.4 Å². The number of hydrogen-bond acceptors (Lipinski definition) is 5. The van der Waals surface area contributed by atoms with Crippen LogP contribution in [0.1, 0.15) is 17.5 Å². The number of benzene rings is 2. The van der Waals surface area contributed by atoms with Gasteiger partial charge in [0.2, 0.25) is 0 Å². The fourth-order valence-electron chi connectivity index (χ4n) is 4.40. The van der Waals surface area contributed by atoms with Crippen LogP contribution in [0.2, 0.25) is 0 Å². The number of nitrogens with zero attached hydrogens (tertiary/aromatic N) is 3. The second-order valence-electron chi connectivity index (χ2n) is 8.81. The number of aryl methyl sites for hydroxylation is 1. The van der Waals surface area contributed by atoms with E-state index in [1.165, 1.54) is 16.8 Å². The molecule has 34 heavy (non-hydrogen) atoms. The molecule has 0 bridgehead atoms. The van der Waals surface area contributed by atoms with Crippen molar-refractivity contribution in [3.05, 3.63) is 84.2 Å². The molecule has 0 fully saturated rings. The number of aliphatic imine (C=N–C) groups is 1. The minimum atomic E-state index is 0.659. The van der Waals surface area contributed by atoms with Gasteiger partial charge in [-0.2, -0.15) is 0 Å². The molecule has 0 unspecified atom stereocenters. The number of rotatable bonds is 7. The zero-order valence-electron chi connectivity index (χ0n) is 19.9. The van der Waals surface area contributed by atoms with E-state index in [1.54, 1.807) is 12.4 Å². The van der Waals surface area contributed by atoms with Gasteiger partial charge in [-0.25, -0.2) is 0 Å². The number of hydrogen-bond donors (Lipinski definition) is 0. The van der Waals surface area contributed by atoms with E-state index < -0.39 is 0 Å². The van der Waals surface area contributed by atoms with Gasteiger partial charge in [0.05, 0.1) is 0 Å². The van der Waals surface area contributed by atoms with Crippen molar-refractivity contribution >= 4 is 5.71 Å². The van der Waals surface area contributed by atoms with Crippen molar-refractivity contribution in [1.82, 2.24) is 9.88 Å². The smallest absolute Gasteiger partial charge is 0.142 e. The minimum absolute atomic E-state index is 0.659. The first-order chi connectivity index (χ1) is 16.6. The third-order valence-electron chi connectivity index (χ3n) is 6.25. The van der Waals surface area contributed by atoms with Crippen molar-refractivity contribution in [2.45, 2.75) is 12.8 Å². The lowest BCUT2D eigenvalue weighted by atomic mass is 9.98. The zero-order valence-corrected chi connectivity index (χ0v) is 19.9. The standard InChI is InChI=1S/C29H29N3O2/c1-30-27-11-7-22-18-23(6-10-25(22)27)26-19-28(34-29(26)21-12-14-31-15-13-21)20-4-8-24(9-5-20)33-17-16-32(2)3/h4-6,8-10,12-15,18-19H,7,11,16-17H2,1-3H3/b30-27+. The molecular formula is C29H29N3O2. The molecule has 2 heterocycles. The van der Waals surface area contributed by atoms with E-state index in [0.717, 1.165) is 58.9 Å². The molecule has 0 atom stereocenters. The van der Waals surface area contributed by atoms with Crippen molar-refractivity contribution in [3.63, 3.8) is 0 Å². The van der Waals surface area contributed by atoms with Crippen molar-refractivity contribution in [2.75, 3.05) is 34.3 Å². The fourth-order valence-corrected chi connectivity index (χ4v) is 4.40. The maximum absolute atomic E-state index is 6.46. The van der Waals surface area contributed by atoms with Crippen molar-refractivity contribution in [2.24, 2.45) is 4.99 Å². The number of pyridine rings is 1. The maximum Gasteiger partial charge on any atom is 0.142 e. The quantitative estimate of drug-likeness (QED) is 0.347. The van der Waals surface area contributed by atoms with E-state index in [9.17, 15) is 0 Å². The summed E-state index contributed by atoms with van der Waals surface area (Å²) in [7, 11) is 5.96. The van der Waals surface area contributed by atoms with E-state index in [4.69, 9.17) is 9.15 Å². The lowest BCUT2D eigenvalue weighted by molar-refractivity contribution is 0.261. The first kappa shape index (κ1) is 22.1. The fraction of sp³-hybridized carbons (Fsp3) is 0.241. The lowest BCUT2D eigenvalue weighted by Crippen LogP contribution is -2.19. The average molecular weight is 452 g/mol. The van der Waals surface area contributed by atoms with Gasteiger partial charge in [-0.15, -0.1) is 0 Å². The van der Waals surface area contributed by atoms with Crippen LogP contribution in [0.4, 0.5) is 0 Å². The largest absolute Gasteiger partial charge is 0.492 e. The Morgan fingerprint density at radius 3 is 2.38 bits per heavy atom. The normalized spacial score (nSPS) is 14.1. The van der Waals surface area contributed by atoms with E-state index >= 15 is 0 Å². The molecule has 0 radical (unpaired) electrons. The van der Waals surface area contributed by atoms with Crippen LogP contribution >= 0.6 is 0 Å². The average Bonchev–Trinajstić information content (AvgIpc) is 3.49. The van der Waals surface area contributed by atoms with Gasteiger partial charge >= 0.3 is 0 Å². The van der Waals surface area contributed by atoms with Crippen LogP contribution in [0.15, 0.2) is 82.5 Å². The molecule has 0 aliphatic heterocycles. The summed E-state index contributed by atoms with van der Waals surface area (Å²) in [5, 5.41) is 0. The van der Waals surface area contributed by atoms with Gasteiger partial charge in [0.15, 0.2) is 0 Å². The van der Waals surface area contributed by atoms with Crippen LogP contribution in [-0.2, 0) is 6.42 Å². The SMILES string of the molecule is C/N=C1\CCc2cc(-c3cc(-c4ccc(OCCN(C)C)cc4)oc3-c3ccncc3)ccc21. The molecule has 0 amide bonds. The van der Waals surface area contributed by atoms with Gasteiger partial charge in [0, 0.05) is 48.4 Å². The molecule has 0 N–H and O–H groups in total. The van der Waals surface area contributed by atoms with Crippen molar-refractivity contribution in [3.8, 4) is 39.5 Å². The second kappa shape index (κ2) is 9.65. The van der Waals surface area contributed by atoms with E-state index in [0.29, 0.717) is 6.61 Å². The van der Waals surface area contributed by atoms with Crippen LogP contribution < -0.4 is 4.74 Å². The predicted octanol–water partition coefficient (Wildman–Crippen LogP) is 5.98. The third kappa shape index (κ3) is 4.52. The summed E-state index contributed by atoms with van der Waals surface area (Å²) in [5.74, 6) is 2.54. The van der Waals surface area contributed by atoms with Crippen molar-refractivity contribution < 1.29 is 9.15 Å². The molecule has 4 aromatic rings. The number of ether oxygens (including phenoxy) is 1. The summed E-state index contributed by atoms with van der Waals surface area (Å²) in [6.45, 7) is 1.54. The molecule has 0 saturated carbocycles. The summed E-state index contributed by atoms with van der Waals surface area (Å²) in [6.07, 6.45) is 5.63. The highest BCUT2D eigenvalue weighted by Gasteiger charge is 2.21. The first-order valence-electron chi connectivity index (χ1n) is 11.6. The molecule has 172 valence electrons. The third-order valence-corrected chi connectivity index (χ3v) is 6.25. The van der Waals surface area contributed by atoms with Crippen LogP contribution in [0.5, 0.6) is 5.75 Å². The number of likely N-dealkylation sites (N-methyl/N-ethyl adjacent to an activating group) is 1. The van der Waals surface area contributed by atoms with E-state index in [-0.39, 0.29) is 0 Å². The molecule has 2 aromatic heterocycles. The first-order valence-corrected chi connectivity index (χ1v) is 11.6. The highest BCUT2D eigenvalue weighted by molar-refractivity contribution is 6.05. The van der Waals surface area contributed by atoms with Crippen LogP contribution in [0.25, 0.3) is 33.8 Å². The van der Waals surface area contributed by atoms with Crippen LogP contribution in [0.3, 0.4) is 0 Å². The number of fused-ring (bicyclic) bond motifs is 1. The van der Waals surface area contributed by atoms with Gasteiger partial charge in [-0.05, 0) is 86.1 Å². The molecule has 1 aliphatic carbocycles. The van der Waals surface area contributed by atoms with Crippen molar-refractivity contribution in [1.29, 1.82) is 0 Å². The summed E-state index contributed by atoms with van der Waals surface area (Å²) in [6, 6.07) is 20.9. The predicted molar refractivity (Wildman–Crippen MR) is 138 cm³/mol. The number of furan rings is 1. The molecule has 5 heteroatoms. The Bertz CT molecular complexity index is 1310. The monoisotopic (exact) mass is 451 g/mol. The van der Waals surface area contributed by atoms with E-state index in [2.05, 4.69) is 51.3 Å². The Morgan fingerprint density at radius 1 is 0.882 bits per heavy atom. The van der Waals surface area contributed by atoms with Gasteiger partial charge < -0.3 is 14.1 Å². The Balaban J connectivity index is 1.50. The summed E-state index contributed by atoms with van der Waals surface area (Å²) < 4.78 is 12.3. The zero-order chi connectivity index (χ0) is 23.5. The molecule has 0 saturated heterocycles. The Labute approximate surface area is 200 Å². The maximum atomic E-state index is 6.46. The lowest BCUT2D eigenvalue weighted by Gasteiger charge is -2.11. The summed E-state index contributed by atoms with van der Waals surface area (Å²) in [5.41, 5.74) is 8.07. The Kier molecular flexibility index (Phi) is 6.28. The number of aromatic nitrogens is 1. The van der Waals surface area contributed by atoms with Gasteiger partial charge in [-0.1, -0.05) is 18.2 Å². The summed E-state index contributed by atoms with van der Waals surface area (Å²) >= 11 is 0. The van der Waals surface area contributed by atoms with Gasteiger partial charge in [0.1, 0.15) is 23.9 Å². The molecule has 2 aromatic carbocycles. The van der Waals surface area contributed by atoms with Crippen LogP contribution in [0, 0.1) is 0 Å². The molecular weight excluding hydrogens is 422 g/mol. The minimum Gasteiger partial charge on any atom is -0.492 e. The Hall–Kier alpha value is -3.70.